The van der Waals surface area contributed by atoms with Crippen molar-refractivity contribution >= 4 is 6.09 Å². The fraction of sp³-hybridized carbons (Fsp3) is 0.636. The van der Waals surface area contributed by atoms with Gasteiger partial charge >= 0.3 is 6.09 Å². The van der Waals surface area contributed by atoms with Crippen LogP contribution in [0.5, 0.6) is 5.75 Å². The van der Waals surface area contributed by atoms with Crippen molar-refractivity contribution in [2.45, 2.75) is 64.6 Å². The Hall–Kier alpha value is -2.64. The number of rotatable bonds is 7. The van der Waals surface area contributed by atoms with E-state index in [-0.39, 0.29) is 18.8 Å². The maximum Gasteiger partial charge on any atom is 0.409 e. The minimum absolute atomic E-state index is 0.105. The van der Waals surface area contributed by atoms with Crippen LogP contribution in [0.1, 0.15) is 56.3 Å². The summed E-state index contributed by atoms with van der Waals surface area (Å²) >= 11 is 0. The number of aryl methyl sites for hydroxylation is 2. The minimum atomic E-state index is -0.325. The summed E-state index contributed by atoms with van der Waals surface area (Å²) in [7, 11) is 3.57. The Bertz CT molecular complexity index is 887. The number of hydrogen-bond acceptors (Lipinski definition) is 6. The van der Waals surface area contributed by atoms with Crippen LogP contribution in [0.15, 0.2) is 12.1 Å². The number of carbonyl (C=O) groups is 1. The molecule has 2 saturated carbocycles. The molecule has 0 bridgehead atoms. The van der Waals surface area contributed by atoms with E-state index in [0.29, 0.717) is 17.3 Å². The van der Waals surface area contributed by atoms with Crippen LogP contribution in [0.4, 0.5) is 4.79 Å². The molecule has 8 heteroatoms. The summed E-state index contributed by atoms with van der Waals surface area (Å²) in [4.78, 5) is 18.6. The Morgan fingerprint density at radius 3 is 2.67 bits per heavy atom. The number of hydrogen-bond donors (Lipinski definition) is 0. The lowest BCUT2D eigenvalue weighted by molar-refractivity contribution is 0.101. The molecule has 2 aromatic heterocycles. The van der Waals surface area contributed by atoms with Gasteiger partial charge in [-0.2, -0.15) is 0 Å². The number of pyridine rings is 1. The van der Waals surface area contributed by atoms with Gasteiger partial charge in [0.2, 0.25) is 0 Å². The van der Waals surface area contributed by atoms with Crippen LogP contribution in [0.25, 0.3) is 11.4 Å². The van der Waals surface area contributed by atoms with Gasteiger partial charge in [0.05, 0.1) is 17.5 Å². The first kappa shape index (κ1) is 20.6. The summed E-state index contributed by atoms with van der Waals surface area (Å²) < 4.78 is 13.3. The molecule has 0 aromatic carbocycles. The molecule has 0 radical (unpaired) electrons. The van der Waals surface area contributed by atoms with E-state index in [0.717, 1.165) is 36.5 Å². The van der Waals surface area contributed by atoms with Gasteiger partial charge in [0.1, 0.15) is 23.7 Å². The van der Waals surface area contributed by atoms with Crippen LogP contribution in [-0.2, 0) is 18.4 Å². The number of amides is 1. The van der Waals surface area contributed by atoms with E-state index < -0.39 is 0 Å². The fourth-order valence-electron chi connectivity index (χ4n) is 3.91. The summed E-state index contributed by atoms with van der Waals surface area (Å²) in [6, 6.07) is 3.86. The van der Waals surface area contributed by atoms with Crippen molar-refractivity contribution in [1.82, 2.24) is 24.9 Å². The highest BCUT2D eigenvalue weighted by atomic mass is 16.6. The third-order valence-electron chi connectivity index (χ3n) is 5.94. The second kappa shape index (κ2) is 9.02. The Labute approximate surface area is 177 Å². The zero-order valence-electron chi connectivity index (χ0n) is 18.1. The molecule has 2 aromatic rings. The highest BCUT2D eigenvalue weighted by Gasteiger charge is 2.26. The zero-order valence-corrected chi connectivity index (χ0v) is 18.1. The topological polar surface area (TPSA) is 82.4 Å². The van der Waals surface area contributed by atoms with Gasteiger partial charge in [-0.3, -0.25) is 0 Å². The molecule has 2 aliphatic rings. The summed E-state index contributed by atoms with van der Waals surface area (Å²) in [5.41, 5.74) is 2.88. The molecule has 0 N–H and O–H groups in total. The van der Waals surface area contributed by atoms with Crippen molar-refractivity contribution in [2.75, 3.05) is 13.6 Å². The van der Waals surface area contributed by atoms with Gasteiger partial charge in [0, 0.05) is 20.6 Å². The van der Waals surface area contributed by atoms with E-state index in [9.17, 15) is 4.79 Å². The molecule has 0 aliphatic heterocycles. The maximum atomic E-state index is 12.3. The van der Waals surface area contributed by atoms with Crippen molar-refractivity contribution in [3.05, 3.63) is 23.5 Å². The number of nitrogens with zero attached hydrogens (tertiary/aromatic N) is 5. The lowest BCUT2D eigenvalue weighted by atomic mass is 9.98. The van der Waals surface area contributed by atoms with Gasteiger partial charge < -0.3 is 14.4 Å². The van der Waals surface area contributed by atoms with Crippen LogP contribution in [-0.4, -0.2) is 50.7 Å². The Kier molecular flexibility index (Phi) is 6.20. The van der Waals surface area contributed by atoms with E-state index in [1.54, 1.807) is 23.7 Å². The van der Waals surface area contributed by atoms with Gasteiger partial charge in [-0.15, -0.1) is 5.10 Å². The SMILES string of the molecule is Cc1nc(-c2nnn(C)c2COC(=O)N(C)CC2CC2)ccc1OC1CCCCC1. The van der Waals surface area contributed by atoms with Crippen LogP contribution < -0.4 is 4.74 Å². The quantitative estimate of drug-likeness (QED) is 0.685. The molecule has 162 valence electrons. The standard InChI is InChI=1S/C22H31N5O3/c1-15-20(30-17-7-5-4-6-8-17)12-11-18(23-15)21-19(27(3)25-24-21)14-29-22(28)26(2)13-16-9-10-16/h11-12,16-17H,4-10,13-14H2,1-3H3. The third kappa shape index (κ3) is 4.91. The fourth-order valence-corrected chi connectivity index (χ4v) is 3.91. The summed E-state index contributed by atoms with van der Waals surface area (Å²) in [5.74, 6) is 1.45. The van der Waals surface area contributed by atoms with Crippen molar-refractivity contribution in [3.8, 4) is 17.1 Å². The largest absolute Gasteiger partial charge is 0.489 e. The van der Waals surface area contributed by atoms with Gasteiger partial charge in [-0.1, -0.05) is 11.6 Å². The minimum Gasteiger partial charge on any atom is -0.489 e. The van der Waals surface area contributed by atoms with E-state index >= 15 is 0 Å². The molecule has 0 spiro atoms. The molecule has 0 saturated heterocycles. The first-order valence-corrected chi connectivity index (χ1v) is 10.9. The van der Waals surface area contributed by atoms with Crippen LogP contribution in [0, 0.1) is 12.8 Å². The van der Waals surface area contributed by atoms with Gasteiger partial charge in [-0.25, -0.2) is 14.5 Å². The summed E-state index contributed by atoms with van der Waals surface area (Å²) in [6.07, 6.45) is 8.31. The predicted molar refractivity (Wildman–Crippen MR) is 112 cm³/mol. The van der Waals surface area contributed by atoms with Crippen LogP contribution in [0.3, 0.4) is 0 Å². The highest BCUT2D eigenvalue weighted by molar-refractivity contribution is 5.67. The molecule has 30 heavy (non-hydrogen) atoms. The maximum absolute atomic E-state index is 12.3. The second-order valence-electron chi connectivity index (χ2n) is 8.54. The molecule has 2 aliphatic carbocycles. The zero-order chi connectivity index (χ0) is 21.1. The van der Waals surface area contributed by atoms with Crippen molar-refractivity contribution < 1.29 is 14.3 Å². The highest BCUT2D eigenvalue weighted by Crippen LogP contribution is 2.30. The monoisotopic (exact) mass is 413 g/mol. The van der Waals surface area contributed by atoms with Crippen molar-refractivity contribution in [3.63, 3.8) is 0 Å². The average Bonchev–Trinajstić information content (AvgIpc) is 3.48. The molecule has 8 nitrogen and oxygen atoms in total. The van der Waals surface area contributed by atoms with Crippen LogP contribution >= 0.6 is 0 Å². The molecule has 2 heterocycles. The van der Waals surface area contributed by atoms with E-state index in [1.165, 1.54) is 32.1 Å². The third-order valence-corrected chi connectivity index (χ3v) is 5.94. The smallest absolute Gasteiger partial charge is 0.409 e. The first-order chi connectivity index (χ1) is 14.5. The summed E-state index contributed by atoms with van der Waals surface area (Å²) in [6.45, 7) is 2.80. The normalized spacial score (nSPS) is 17.0. The van der Waals surface area contributed by atoms with E-state index in [2.05, 4.69) is 10.3 Å². The average molecular weight is 414 g/mol. The Morgan fingerprint density at radius 2 is 1.97 bits per heavy atom. The first-order valence-electron chi connectivity index (χ1n) is 10.9. The second-order valence-corrected chi connectivity index (χ2v) is 8.54. The lowest BCUT2D eigenvalue weighted by Crippen LogP contribution is -2.29. The van der Waals surface area contributed by atoms with Crippen molar-refractivity contribution in [2.24, 2.45) is 13.0 Å². The molecular formula is C22H31N5O3. The summed E-state index contributed by atoms with van der Waals surface area (Å²) in [5, 5.41) is 8.37. The number of carbonyl (C=O) groups excluding carboxylic acids is 1. The number of aromatic nitrogens is 4. The molecular weight excluding hydrogens is 382 g/mol. The molecule has 2 fully saturated rings. The lowest BCUT2D eigenvalue weighted by Gasteiger charge is -2.23. The van der Waals surface area contributed by atoms with Gasteiger partial charge in [-0.05, 0) is 63.5 Å². The Morgan fingerprint density at radius 1 is 1.20 bits per heavy atom. The predicted octanol–water partition coefficient (Wildman–Crippen LogP) is 3.88. The van der Waals surface area contributed by atoms with E-state index in [4.69, 9.17) is 14.5 Å². The van der Waals surface area contributed by atoms with Crippen LogP contribution in [0.2, 0.25) is 0 Å². The van der Waals surface area contributed by atoms with Crippen molar-refractivity contribution in [1.29, 1.82) is 0 Å². The van der Waals surface area contributed by atoms with E-state index in [1.807, 2.05) is 19.1 Å². The Balaban J connectivity index is 1.43. The molecule has 0 unspecified atom stereocenters. The molecule has 1 amide bonds. The van der Waals surface area contributed by atoms with Gasteiger partial charge in [0.15, 0.2) is 0 Å². The van der Waals surface area contributed by atoms with Gasteiger partial charge in [0.25, 0.3) is 0 Å². The number of ether oxygens (including phenoxy) is 2. The molecule has 4 rings (SSSR count). The molecule has 0 atom stereocenters.